The molecule has 1 aliphatic heterocycles. The molecule has 0 radical (unpaired) electrons. The van der Waals surface area contributed by atoms with Gasteiger partial charge in [-0.15, -0.1) is 0 Å². The quantitative estimate of drug-likeness (QED) is 0.788. The van der Waals surface area contributed by atoms with E-state index in [1.54, 1.807) is 4.31 Å². The van der Waals surface area contributed by atoms with Crippen LogP contribution in [0.3, 0.4) is 0 Å². The Morgan fingerprint density at radius 2 is 2.06 bits per heavy atom. The molecule has 1 fully saturated rings. The van der Waals surface area contributed by atoms with Gasteiger partial charge in [0.25, 0.3) is 0 Å². The molecule has 0 amide bonds. The van der Waals surface area contributed by atoms with Crippen LogP contribution in [0.4, 0.5) is 0 Å². The summed E-state index contributed by atoms with van der Waals surface area (Å²) < 4.78 is 26.3. The lowest BCUT2D eigenvalue weighted by molar-refractivity contribution is 0.239. The fraction of sp³-hybridized carbons (Fsp3) is 1.00. The van der Waals surface area contributed by atoms with Gasteiger partial charge in [-0.25, -0.2) is 8.42 Å². The minimum Gasteiger partial charge on any atom is -0.320 e. The van der Waals surface area contributed by atoms with Gasteiger partial charge in [-0.2, -0.15) is 4.31 Å². The van der Waals surface area contributed by atoms with Crippen molar-refractivity contribution in [2.24, 2.45) is 5.92 Å². The van der Waals surface area contributed by atoms with E-state index in [-0.39, 0.29) is 17.7 Å². The summed E-state index contributed by atoms with van der Waals surface area (Å²) in [6, 6.07) is 0.208. The summed E-state index contributed by atoms with van der Waals surface area (Å²) in [7, 11) is -1.14. The molecule has 1 saturated heterocycles. The van der Waals surface area contributed by atoms with Crippen LogP contribution in [0.1, 0.15) is 39.5 Å². The van der Waals surface area contributed by atoms with Crippen LogP contribution in [-0.2, 0) is 10.0 Å². The highest BCUT2D eigenvalue weighted by Gasteiger charge is 2.31. The summed E-state index contributed by atoms with van der Waals surface area (Å²) in [5.41, 5.74) is 0. The monoisotopic (exact) mass is 262 g/mol. The van der Waals surface area contributed by atoms with Crippen LogP contribution in [0.25, 0.3) is 0 Å². The third kappa shape index (κ3) is 4.56. The van der Waals surface area contributed by atoms with Gasteiger partial charge in [0.2, 0.25) is 10.0 Å². The molecule has 0 spiro atoms. The molecule has 0 aromatic heterocycles. The summed E-state index contributed by atoms with van der Waals surface area (Å²) in [6.07, 6.45) is 4.10. The molecule has 1 atom stereocenters. The molecule has 0 aromatic rings. The van der Waals surface area contributed by atoms with Crippen molar-refractivity contribution >= 4 is 10.0 Å². The Bertz CT molecular complexity index is 314. The van der Waals surface area contributed by atoms with Crippen LogP contribution in [-0.4, -0.2) is 44.7 Å². The van der Waals surface area contributed by atoms with Crippen LogP contribution < -0.4 is 5.32 Å². The van der Waals surface area contributed by atoms with E-state index in [9.17, 15) is 8.42 Å². The average molecular weight is 262 g/mol. The maximum atomic E-state index is 12.3. The van der Waals surface area contributed by atoms with Crippen molar-refractivity contribution in [1.82, 2.24) is 9.62 Å². The van der Waals surface area contributed by atoms with Crippen molar-refractivity contribution in [1.29, 1.82) is 0 Å². The van der Waals surface area contributed by atoms with Crippen molar-refractivity contribution in [3.8, 4) is 0 Å². The number of nitrogens with zero attached hydrogens (tertiary/aromatic N) is 1. The molecule has 0 aliphatic carbocycles. The lowest BCUT2D eigenvalue weighted by atomic mass is 10.0. The summed E-state index contributed by atoms with van der Waals surface area (Å²) in [6.45, 7) is 5.52. The fourth-order valence-corrected chi connectivity index (χ4v) is 4.56. The number of piperidine rings is 1. The molecule has 0 bridgehead atoms. The zero-order valence-electron chi connectivity index (χ0n) is 11.3. The first-order valence-electron chi connectivity index (χ1n) is 6.61. The Balaban J connectivity index is 2.69. The zero-order valence-corrected chi connectivity index (χ0v) is 12.1. The Labute approximate surface area is 106 Å². The Morgan fingerprint density at radius 3 is 2.65 bits per heavy atom. The molecule has 0 saturated carbocycles. The number of hydrogen-bond donors (Lipinski definition) is 1. The van der Waals surface area contributed by atoms with Crippen LogP contribution in [0.5, 0.6) is 0 Å². The number of nitrogens with one attached hydrogen (secondary N) is 1. The first-order chi connectivity index (χ1) is 7.97. The molecule has 17 heavy (non-hydrogen) atoms. The second kappa shape index (κ2) is 6.71. The first kappa shape index (κ1) is 14.9. The molecule has 4 nitrogen and oxygen atoms in total. The molecular weight excluding hydrogens is 236 g/mol. The van der Waals surface area contributed by atoms with E-state index in [4.69, 9.17) is 0 Å². The fourth-order valence-electron chi connectivity index (χ4n) is 2.46. The lowest BCUT2D eigenvalue weighted by Crippen LogP contribution is -2.46. The molecule has 1 N–H and O–H groups in total. The largest absolute Gasteiger partial charge is 0.320 e. The van der Waals surface area contributed by atoms with Crippen molar-refractivity contribution < 1.29 is 8.42 Å². The average Bonchev–Trinajstić information content (AvgIpc) is 2.25. The molecule has 1 heterocycles. The third-order valence-corrected chi connectivity index (χ3v) is 5.49. The van der Waals surface area contributed by atoms with Gasteiger partial charge in [0.1, 0.15) is 0 Å². The highest BCUT2D eigenvalue weighted by Crippen LogP contribution is 2.23. The van der Waals surface area contributed by atoms with E-state index >= 15 is 0 Å². The maximum Gasteiger partial charge on any atom is 0.214 e. The van der Waals surface area contributed by atoms with E-state index < -0.39 is 10.0 Å². The van der Waals surface area contributed by atoms with Crippen LogP contribution >= 0.6 is 0 Å². The van der Waals surface area contributed by atoms with Crippen molar-refractivity contribution in [2.75, 3.05) is 25.9 Å². The molecular formula is C12H26N2O2S. The molecule has 102 valence electrons. The van der Waals surface area contributed by atoms with Crippen molar-refractivity contribution in [2.45, 2.75) is 45.6 Å². The van der Waals surface area contributed by atoms with Gasteiger partial charge in [0.15, 0.2) is 0 Å². The highest BCUT2D eigenvalue weighted by atomic mass is 32.2. The van der Waals surface area contributed by atoms with E-state index in [1.807, 2.05) is 20.9 Å². The second-order valence-corrected chi connectivity index (χ2v) is 7.29. The minimum absolute atomic E-state index is 0.201. The maximum absolute atomic E-state index is 12.3. The van der Waals surface area contributed by atoms with Gasteiger partial charge in [-0.1, -0.05) is 20.3 Å². The summed E-state index contributed by atoms with van der Waals surface area (Å²) in [4.78, 5) is 0. The highest BCUT2D eigenvalue weighted by molar-refractivity contribution is 7.89. The smallest absolute Gasteiger partial charge is 0.214 e. The lowest BCUT2D eigenvalue weighted by Gasteiger charge is -2.35. The van der Waals surface area contributed by atoms with Crippen LogP contribution in [0.2, 0.25) is 0 Å². The van der Waals surface area contributed by atoms with E-state index in [0.29, 0.717) is 6.54 Å². The van der Waals surface area contributed by atoms with Gasteiger partial charge >= 0.3 is 0 Å². The number of rotatable bonds is 6. The summed E-state index contributed by atoms with van der Waals surface area (Å²) in [5, 5.41) is 3.11. The molecule has 5 heteroatoms. The molecule has 1 unspecified atom stereocenters. The predicted molar refractivity (Wildman–Crippen MR) is 71.5 cm³/mol. The van der Waals surface area contributed by atoms with Crippen molar-refractivity contribution in [3.63, 3.8) is 0 Å². The topological polar surface area (TPSA) is 49.4 Å². The predicted octanol–water partition coefficient (Wildman–Crippen LogP) is 1.44. The van der Waals surface area contributed by atoms with E-state index in [0.717, 1.165) is 32.2 Å². The van der Waals surface area contributed by atoms with Gasteiger partial charge in [-0.3, -0.25) is 0 Å². The normalized spacial score (nSPS) is 23.2. The minimum atomic E-state index is -3.06. The second-order valence-electron chi connectivity index (χ2n) is 5.32. The molecule has 1 aliphatic rings. The number of hydrogen-bond acceptors (Lipinski definition) is 3. The summed E-state index contributed by atoms with van der Waals surface area (Å²) in [5.74, 6) is 0.482. The molecule has 1 rings (SSSR count). The van der Waals surface area contributed by atoms with Crippen molar-refractivity contribution in [3.05, 3.63) is 0 Å². The Hall–Kier alpha value is -0.130. The van der Waals surface area contributed by atoms with Gasteiger partial charge in [0.05, 0.1) is 5.75 Å². The van der Waals surface area contributed by atoms with Crippen LogP contribution in [0, 0.1) is 5.92 Å². The van der Waals surface area contributed by atoms with Gasteiger partial charge in [0, 0.05) is 12.6 Å². The first-order valence-corrected chi connectivity index (χ1v) is 8.22. The Morgan fingerprint density at radius 1 is 1.35 bits per heavy atom. The molecule has 0 aromatic carbocycles. The summed E-state index contributed by atoms with van der Waals surface area (Å²) >= 11 is 0. The third-order valence-electron chi connectivity index (χ3n) is 3.20. The zero-order chi connectivity index (χ0) is 12.9. The van der Waals surface area contributed by atoms with E-state index in [1.165, 1.54) is 0 Å². The van der Waals surface area contributed by atoms with Crippen LogP contribution in [0.15, 0.2) is 0 Å². The van der Waals surface area contributed by atoms with E-state index in [2.05, 4.69) is 5.32 Å². The SMILES string of the molecule is CNCCC1CCCCN1S(=O)(=O)CC(C)C. The number of sulfonamides is 1. The Kier molecular flexibility index (Phi) is 5.89. The van der Waals surface area contributed by atoms with Gasteiger partial charge in [-0.05, 0) is 38.8 Å². The standard InChI is InChI=1S/C12H26N2O2S/c1-11(2)10-17(15,16)14-9-5-4-6-12(14)7-8-13-3/h11-13H,4-10H2,1-3H3. The van der Waals surface area contributed by atoms with Gasteiger partial charge < -0.3 is 5.32 Å².